The van der Waals surface area contributed by atoms with E-state index >= 15 is 0 Å². The Labute approximate surface area is 70.1 Å². The summed E-state index contributed by atoms with van der Waals surface area (Å²) in [4.78, 5) is 11.1. The van der Waals surface area contributed by atoms with Gasteiger partial charge in [0.25, 0.3) is 5.91 Å². The molecule has 1 heterocycles. The van der Waals surface area contributed by atoms with Gasteiger partial charge in [-0.1, -0.05) is 12.1 Å². The van der Waals surface area contributed by atoms with Gasteiger partial charge >= 0.3 is 0 Å². The Morgan fingerprint density at radius 2 is 2.58 bits per heavy atom. The Morgan fingerprint density at radius 3 is 3.17 bits per heavy atom. The van der Waals surface area contributed by atoms with E-state index in [9.17, 15) is 4.79 Å². The standard InChI is InChI=1S/C7H11N3O2/c1-2-8-5-9-7(11)6-3-4-12-10-6/h3-4,8H,2,5H2,1H3,(H,9,11). The van der Waals surface area contributed by atoms with Crippen LogP contribution >= 0.6 is 0 Å². The minimum Gasteiger partial charge on any atom is -0.364 e. The normalized spacial score (nSPS) is 9.75. The van der Waals surface area contributed by atoms with Crippen molar-refractivity contribution in [3.8, 4) is 0 Å². The van der Waals surface area contributed by atoms with E-state index in [1.165, 1.54) is 12.3 Å². The second-order valence-corrected chi connectivity index (χ2v) is 2.17. The Hall–Kier alpha value is -1.36. The Bertz CT molecular complexity index is 233. The second kappa shape index (κ2) is 4.50. The fraction of sp³-hybridized carbons (Fsp3) is 0.429. The lowest BCUT2D eigenvalue weighted by Crippen LogP contribution is -2.33. The molecule has 1 aromatic rings. The molecule has 5 heteroatoms. The fourth-order valence-corrected chi connectivity index (χ4v) is 0.688. The van der Waals surface area contributed by atoms with Gasteiger partial charge in [0.2, 0.25) is 0 Å². The number of nitrogens with one attached hydrogen (secondary N) is 2. The zero-order valence-corrected chi connectivity index (χ0v) is 6.83. The van der Waals surface area contributed by atoms with E-state index in [0.29, 0.717) is 12.4 Å². The van der Waals surface area contributed by atoms with Crippen LogP contribution in [0.2, 0.25) is 0 Å². The molecule has 1 amide bonds. The fourth-order valence-electron chi connectivity index (χ4n) is 0.688. The number of carbonyl (C=O) groups is 1. The number of aromatic nitrogens is 1. The van der Waals surface area contributed by atoms with Gasteiger partial charge in [0.1, 0.15) is 6.26 Å². The van der Waals surface area contributed by atoms with Crippen molar-refractivity contribution in [2.75, 3.05) is 13.2 Å². The number of amides is 1. The summed E-state index contributed by atoms with van der Waals surface area (Å²) in [6, 6.07) is 1.52. The van der Waals surface area contributed by atoms with E-state index in [2.05, 4.69) is 20.3 Å². The van der Waals surface area contributed by atoms with Crippen molar-refractivity contribution < 1.29 is 9.32 Å². The lowest BCUT2D eigenvalue weighted by molar-refractivity contribution is 0.0942. The average molecular weight is 169 g/mol. The molecule has 0 unspecified atom stereocenters. The smallest absolute Gasteiger partial charge is 0.274 e. The zero-order valence-electron chi connectivity index (χ0n) is 6.83. The van der Waals surface area contributed by atoms with Gasteiger partial charge in [-0.3, -0.25) is 4.79 Å². The van der Waals surface area contributed by atoms with Gasteiger partial charge in [0.15, 0.2) is 5.69 Å². The summed E-state index contributed by atoms with van der Waals surface area (Å²) >= 11 is 0. The summed E-state index contributed by atoms with van der Waals surface area (Å²) in [6.45, 7) is 3.23. The molecule has 0 saturated heterocycles. The van der Waals surface area contributed by atoms with Gasteiger partial charge in [0.05, 0.1) is 6.67 Å². The van der Waals surface area contributed by atoms with Crippen LogP contribution in [0.15, 0.2) is 16.9 Å². The van der Waals surface area contributed by atoms with Crippen molar-refractivity contribution in [3.05, 3.63) is 18.0 Å². The van der Waals surface area contributed by atoms with Crippen LogP contribution < -0.4 is 10.6 Å². The van der Waals surface area contributed by atoms with Gasteiger partial charge in [-0.25, -0.2) is 0 Å². The average Bonchev–Trinajstić information content (AvgIpc) is 2.56. The Balaban J connectivity index is 2.30. The summed E-state index contributed by atoms with van der Waals surface area (Å²) in [5, 5.41) is 9.04. The van der Waals surface area contributed by atoms with Gasteiger partial charge in [0, 0.05) is 6.07 Å². The predicted octanol–water partition coefficient (Wildman–Crippen LogP) is -0.0286. The molecular weight excluding hydrogens is 158 g/mol. The molecule has 0 aromatic carbocycles. The molecule has 12 heavy (non-hydrogen) atoms. The van der Waals surface area contributed by atoms with Crippen molar-refractivity contribution in [1.82, 2.24) is 15.8 Å². The van der Waals surface area contributed by atoms with Gasteiger partial charge < -0.3 is 15.2 Å². The molecule has 0 fully saturated rings. The highest BCUT2D eigenvalue weighted by Gasteiger charge is 2.06. The highest BCUT2D eigenvalue weighted by Crippen LogP contribution is 1.92. The molecule has 0 aliphatic rings. The topological polar surface area (TPSA) is 67.2 Å². The Morgan fingerprint density at radius 1 is 1.75 bits per heavy atom. The monoisotopic (exact) mass is 169 g/mol. The molecule has 66 valence electrons. The SMILES string of the molecule is CCNCNC(=O)c1ccon1. The quantitative estimate of drug-likeness (QED) is 0.490. The molecular formula is C7H11N3O2. The zero-order chi connectivity index (χ0) is 8.81. The van der Waals surface area contributed by atoms with Crippen LogP contribution in [0.25, 0.3) is 0 Å². The molecule has 0 radical (unpaired) electrons. The first-order valence-corrected chi connectivity index (χ1v) is 3.74. The predicted molar refractivity (Wildman–Crippen MR) is 42.5 cm³/mol. The van der Waals surface area contributed by atoms with Crippen molar-refractivity contribution in [3.63, 3.8) is 0 Å². The molecule has 0 bridgehead atoms. The number of hydrogen-bond acceptors (Lipinski definition) is 4. The van der Waals surface area contributed by atoms with Crippen LogP contribution in [-0.2, 0) is 0 Å². The summed E-state index contributed by atoms with van der Waals surface area (Å²) < 4.78 is 4.51. The number of rotatable bonds is 4. The molecule has 0 aliphatic heterocycles. The highest BCUT2D eigenvalue weighted by molar-refractivity contribution is 5.91. The van der Waals surface area contributed by atoms with Gasteiger partial charge in [-0.2, -0.15) is 0 Å². The third-order valence-corrected chi connectivity index (χ3v) is 1.29. The molecule has 0 aliphatic carbocycles. The minimum absolute atomic E-state index is 0.232. The first kappa shape index (κ1) is 8.73. The maximum absolute atomic E-state index is 11.1. The summed E-state index contributed by atoms with van der Waals surface area (Å²) in [6.07, 6.45) is 1.36. The summed E-state index contributed by atoms with van der Waals surface area (Å²) in [5.74, 6) is -0.232. The largest absolute Gasteiger partial charge is 0.364 e. The molecule has 0 spiro atoms. The maximum Gasteiger partial charge on any atom is 0.274 e. The second-order valence-electron chi connectivity index (χ2n) is 2.17. The minimum atomic E-state index is -0.232. The van der Waals surface area contributed by atoms with Crippen LogP contribution in [0, 0.1) is 0 Å². The van der Waals surface area contributed by atoms with E-state index in [1.807, 2.05) is 6.92 Å². The van der Waals surface area contributed by atoms with Crippen molar-refractivity contribution >= 4 is 5.91 Å². The van der Waals surface area contributed by atoms with Crippen molar-refractivity contribution in [2.45, 2.75) is 6.92 Å². The van der Waals surface area contributed by atoms with E-state index in [4.69, 9.17) is 0 Å². The number of carbonyl (C=O) groups excluding carboxylic acids is 1. The molecule has 1 rings (SSSR count). The lowest BCUT2D eigenvalue weighted by Gasteiger charge is -2.01. The van der Waals surface area contributed by atoms with Crippen LogP contribution in [-0.4, -0.2) is 24.3 Å². The van der Waals surface area contributed by atoms with Gasteiger partial charge in [-0.05, 0) is 6.54 Å². The van der Waals surface area contributed by atoms with Gasteiger partial charge in [-0.15, -0.1) is 0 Å². The van der Waals surface area contributed by atoms with E-state index in [-0.39, 0.29) is 5.91 Å². The first-order chi connectivity index (χ1) is 5.84. The summed E-state index contributed by atoms with van der Waals surface area (Å²) in [5.41, 5.74) is 0.299. The number of nitrogens with zero attached hydrogens (tertiary/aromatic N) is 1. The number of hydrogen-bond donors (Lipinski definition) is 2. The van der Waals surface area contributed by atoms with Crippen LogP contribution in [0.1, 0.15) is 17.4 Å². The van der Waals surface area contributed by atoms with E-state index in [1.54, 1.807) is 0 Å². The van der Waals surface area contributed by atoms with Crippen molar-refractivity contribution in [2.24, 2.45) is 0 Å². The molecule has 5 nitrogen and oxygen atoms in total. The van der Waals surface area contributed by atoms with E-state index < -0.39 is 0 Å². The molecule has 0 atom stereocenters. The van der Waals surface area contributed by atoms with E-state index in [0.717, 1.165) is 6.54 Å². The summed E-state index contributed by atoms with van der Waals surface area (Å²) in [7, 11) is 0. The van der Waals surface area contributed by atoms with Crippen LogP contribution in [0.4, 0.5) is 0 Å². The van der Waals surface area contributed by atoms with Crippen molar-refractivity contribution in [1.29, 1.82) is 0 Å². The van der Waals surface area contributed by atoms with Crippen LogP contribution in [0.5, 0.6) is 0 Å². The third-order valence-electron chi connectivity index (χ3n) is 1.29. The molecule has 2 N–H and O–H groups in total. The maximum atomic E-state index is 11.1. The third kappa shape index (κ3) is 2.35. The van der Waals surface area contributed by atoms with Crippen LogP contribution in [0.3, 0.4) is 0 Å². The molecule has 1 aromatic heterocycles. The lowest BCUT2D eigenvalue weighted by atomic mass is 10.4. The first-order valence-electron chi connectivity index (χ1n) is 3.74. The Kier molecular flexibility index (Phi) is 3.28. The highest BCUT2D eigenvalue weighted by atomic mass is 16.5. The molecule has 0 saturated carbocycles.